The second-order valence-electron chi connectivity index (χ2n) is 4.10. The molecule has 1 aliphatic carbocycles. The summed E-state index contributed by atoms with van der Waals surface area (Å²) < 4.78 is 0. The van der Waals surface area contributed by atoms with E-state index >= 15 is 0 Å². The van der Waals surface area contributed by atoms with Crippen LogP contribution in [-0.4, -0.2) is 37.8 Å². The fraction of sp³-hybridized carbons (Fsp3) is 0.900. The largest absolute Gasteiger partial charge is 0.396 e. The Labute approximate surface area is 85.1 Å². The lowest BCUT2D eigenvalue weighted by Gasteiger charge is -2.14. The summed E-state index contributed by atoms with van der Waals surface area (Å²) in [5.41, 5.74) is 0.226. The second-order valence-corrected chi connectivity index (χ2v) is 4.10. The van der Waals surface area contributed by atoms with Gasteiger partial charge in [-0.25, -0.2) is 0 Å². The zero-order valence-electron chi connectivity index (χ0n) is 8.81. The van der Waals surface area contributed by atoms with Gasteiger partial charge in [-0.05, 0) is 31.7 Å². The van der Waals surface area contributed by atoms with E-state index in [1.165, 1.54) is 0 Å². The first kappa shape index (κ1) is 11.5. The van der Waals surface area contributed by atoms with Crippen molar-refractivity contribution in [2.45, 2.75) is 25.7 Å². The van der Waals surface area contributed by atoms with Gasteiger partial charge in [0.15, 0.2) is 0 Å². The molecule has 3 N–H and O–H groups in total. The molecule has 0 aromatic heterocycles. The van der Waals surface area contributed by atoms with Crippen LogP contribution >= 0.6 is 0 Å². The van der Waals surface area contributed by atoms with Gasteiger partial charge in [-0.1, -0.05) is 0 Å². The number of carbonyl (C=O) groups is 1. The van der Waals surface area contributed by atoms with Crippen LogP contribution in [0.3, 0.4) is 0 Å². The lowest BCUT2D eigenvalue weighted by Crippen LogP contribution is -2.32. The normalized spacial score (nSPS) is 17.9. The van der Waals surface area contributed by atoms with Crippen LogP contribution in [0, 0.1) is 5.41 Å². The van der Waals surface area contributed by atoms with Crippen LogP contribution in [0.2, 0.25) is 0 Å². The third-order valence-corrected chi connectivity index (χ3v) is 2.86. The fourth-order valence-corrected chi connectivity index (χ4v) is 1.54. The Bertz CT molecular complexity index is 191. The highest BCUT2D eigenvalue weighted by atomic mass is 16.3. The minimum absolute atomic E-state index is 0.101. The van der Waals surface area contributed by atoms with Crippen molar-refractivity contribution in [1.29, 1.82) is 0 Å². The molecule has 0 atom stereocenters. The van der Waals surface area contributed by atoms with Crippen molar-refractivity contribution >= 4 is 5.91 Å². The zero-order valence-corrected chi connectivity index (χ0v) is 8.81. The predicted molar refractivity (Wildman–Crippen MR) is 54.9 cm³/mol. The van der Waals surface area contributed by atoms with E-state index < -0.39 is 0 Å². The van der Waals surface area contributed by atoms with E-state index in [4.69, 9.17) is 5.11 Å². The Morgan fingerprint density at radius 1 is 1.50 bits per heavy atom. The summed E-state index contributed by atoms with van der Waals surface area (Å²) >= 11 is 0. The van der Waals surface area contributed by atoms with Crippen LogP contribution in [-0.2, 0) is 4.79 Å². The molecule has 1 aliphatic rings. The number of nitrogens with one attached hydrogen (secondary N) is 2. The van der Waals surface area contributed by atoms with Gasteiger partial charge in [-0.2, -0.15) is 0 Å². The first-order chi connectivity index (χ1) is 6.72. The van der Waals surface area contributed by atoms with Gasteiger partial charge in [0.05, 0.1) is 0 Å². The van der Waals surface area contributed by atoms with Crippen LogP contribution in [0.25, 0.3) is 0 Å². The van der Waals surface area contributed by atoms with E-state index in [2.05, 4.69) is 10.6 Å². The van der Waals surface area contributed by atoms with Crippen LogP contribution in [0.4, 0.5) is 0 Å². The summed E-state index contributed by atoms with van der Waals surface area (Å²) in [4.78, 5) is 11.3. The minimum atomic E-state index is 0.101. The summed E-state index contributed by atoms with van der Waals surface area (Å²) in [5, 5.41) is 14.7. The number of amides is 1. The van der Waals surface area contributed by atoms with Crippen LogP contribution in [0.5, 0.6) is 0 Å². The molecule has 0 unspecified atom stereocenters. The Balaban J connectivity index is 2.10. The highest BCUT2D eigenvalue weighted by molar-refractivity contribution is 5.76. The monoisotopic (exact) mass is 200 g/mol. The van der Waals surface area contributed by atoms with E-state index in [9.17, 15) is 4.79 Å². The first-order valence-electron chi connectivity index (χ1n) is 5.25. The van der Waals surface area contributed by atoms with Crippen LogP contribution in [0.1, 0.15) is 25.7 Å². The fourth-order valence-electron chi connectivity index (χ4n) is 1.54. The van der Waals surface area contributed by atoms with E-state index in [1.807, 2.05) is 7.05 Å². The van der Waals surface area contributed by atoms with Crippen molar-refractivity contribution in [1.82, 2.24) is 10.6 Å². The van der Waals surface area contributed by atoms with E-state index in [0.29, 0.717) is 6.42 Å². The molecular weight excluding hydrogens is 180 g/mol. The van der Waals surface area contributed by atoms with Crippen molar-refractivity contribution in [3.05, 3.63) is 0 Å². The number of hydrogen-bond donors (Lipinski definition) is 3. The molecule has 4 heteroatoms. The maximum absolute atomic E-state index is 11.3. The maximum atomic E-state index is 11.3. The lowest BCUT2D eigenvalue weighted by atomic mass is 10.0. The molecule has 0 bridgehead atoms. The molecule has 1 saturated carbocycles. The molecule has 0 heterocycles. The van der Waals surface area contributed by atoms with E-state index in [1.54, 1.807) is 0 Å². The molecule has 0 saturated heterocycles. The molecule has 0 spiro atoms. The first-order valence-corrected chi connectivity index (χ1v) is 5.25. The van der Waals surface area contributed by atoms with Gasteiger partial charge < -0.3 is 15.7 Å². The lowest BCUT2D eigenvalue weighted by molar-refractivity contribution is -0.121. The highest BCUT2D eigenvalue weighted by Crippen LogP contribution is 2.47. The topological polar surface area (TPSA) is 61.4 Å². The Morgan fingerprint density at radius 3 is 2.71 bits per heavy atom. The standard InChI is InChI=1S/C10H20N2O2/c1-11-6-2-9(14)12-8-10(3-4-10)5-7-13/h11,13H,2-8H2,1H3,(H,12,14). The summed E-state index contributed by atoms with van der Waals surface area (Å²) in [6.07, 6.45) is 3.63. The number of rotatable bonds is 7. The minimum Gasteiger partial charge on any atom is -0.396 e. The summed E-state index contributed by atoms with van der Waals surface area (Å²) in [6, 6.07) is 0. The number of aliphatic hydroxyl groups excluding tert-OH is 1. The maximum Gasteiger partial charge on any atom is 0.221 e. The average Bonchev–Trinajstić information content (AvgIpc) is 2.93. The molecule has 1 amide bonds. The van der Waals surface area contributed by atoms with E-state index in [-0.39, 0.29) is 17.9 Å². The molecule has 1 rings (SSSR count). The second kappa shape index (κ2) is 5.32. The zero-order chi connectivity index (χ0) is 10.4. The van der Waals surface area contributed by atoms with Crippen molar-refractivity contribution in [2.24, 2.45) is 5.41 Å². The molecule has 0 aromatic rings. The molecule has 0 aliphatic heterocycles. The van der Waals surface area contributed by atoms with Crippen molar-refractivity contribution in [3.8, 4) is 0 Å². The van der Waals surface area contributed by atoms with Crippen LogP contribution in [0.15, 0.2) is 0 Å². The number of hydrogen-bond acceptors (Lipinski definition) is 3. The molecule has 1 fully saturated rings. The molecule has 14 heavy (non-hydrogen) atoms. The molecule has 4 nitrogen and oxygen atoms in total. The van der Waals surface area contributed by atoms with Crippen LogP contribution < -0.4 is 10.6 Å². The van der Waals surface area contributed by atoms with Gasteiger partial charge >= 0.3 is 0 Å². The van der Waals surface area contributed by atoms with Gasteiger partial charge in [-0.3, -0.25) is 4.79 Å². The SMILES string of the molecule is CNCCC(=O)NCC1(CCO)CC1. The number of aliphatic hydroxyl groups is 1. The third-order valence-electron chi connectivity index (χ3n) is 2.86. The highest BCUT2D eigenvalue weighted by Gasteiger charge is 2.41. The molecule has 82 valence electrons. The Kier molecular flexibility index (Phi) is 4.35. The predicted octanol–water partition coefficient (Wildman–Crippen LogP) is -0.125. The third kappa shape index (κ3) is 3.64. The van der Waals surface area contributed by atoms with Crippen molar-refractivity contribution < 1.29 is 9.90 Å². The average molecular weight is 200 g/mol. The summed E-state index contributed by atoms with van der Waals surface area (Å²) in [7, 11) is 1.83. The van der Waals surface area contributed by atoms with Crippen molar-refractivity contribution in [3.63, 3.8) is 0 Å². The van der Waals surface area contributed by atoms with Gasteiger partial charge in [0.25, 0.3) is 0 Å². The quantitative estimate of drug-likeness (QED) is 0.537. The molecule has 0 radical (unpaired) electrons. The van der Waals surface area contributed by atoms with Crippen molar-refractivity contribution in [2.75, 3.05) is 26.7 Å². The molecule has 0 aromatic carbocycles. The molecular formula is C10H20N2O2. The summed E-state index contributed by atoms with van der Waals surface area (Å²) in [6.45, 7) is 1.68. The van der Waals surface area contributed by atoms with Gasteiger partial charge in [0.1, 0.15) is 0 Å². The van der Waals surface area contributed by atoms with Gasteiger partial charge in [0, 0.05) is 26.1 Å². The van der Waals surface area contributed by atoms with E-state index in [0.717, 1.165) is 32.4 Å². The Morgan fingerprint density at radius 2 is 2.21 bits per heavy atom. The number of carbonyl (C=O) groups excluding carboxylic acids is 1. The van der Waals surface area contributed by atoms with Gasteiger partial charge in [0.2, 0.25) is 5.91 Å². The van der Waals surface area contributed by atoms with Gasteiger partial charge in [-0.15, -0.1) is 0 Å². The summed E-state index contributed by atoms with van der Waals surface area (Å²) in [5.74, 6) is 0.101. The Hall–Kier alpha value is -0.610. The smallest absolute Gasteiger partial charge is 0.221 e.